The molecule has 1 aliphatic rings. The summed E-state index contributed by atoms with van der Waals surface area (Å²) in [4.78, 5) is 2.44. The van der Waals surface area contributed by atoms with Crippen LogP contribution in [0.4, 0.5) is 4.39 Å². The molecule has 0 amide bonds. The quantitative estimate of drug-likeness (QED) is 0.873. The van der Waals surface area contributed by atoms with Gasteiger partial charge in [-0.3, -0.25) is 4.90 Å². The van der Waals surface area contributed by atoms with Crippen LogP contribution < -0.4 is 5.73 Å². The molecule has 1 aromatic rings. The van der Waals surface area contributed by atoms with E-state index >= 15 is 0 Å². The van der Waals surface area contributed by atoms with E-state index in [-0.39, 0.29) is 12.4 Å². The summed E-state index contributed by atoms with van der Waals surface area (Å²) in [6.45, 7) is 5.80. The average molecular weight is 236 g/mol. The molecule has 0 aromatic heterocycles. The molecule has 1 aliphatic heterocycles. The Hall–Kier alpha value is -0.930. The van der Waals surface area contributed by atoms with Crippen molar-refractivity contribution in [3.8, 4) is 0 Å². The third-order valence-electron chi connectivity index (χ3n) is 3.61. The van der Waals surface area contributed by atoms with E-state index in [0.717, 1.165) is 25.6 Å². The minimum atomic E-state index is -0.191. The van der Waals surface area contributed by atoms with Crippen LogP contribution in [0.3, 0.4) is 0 Å². The summed E-state index contributed by atoms with van der Waals surface area (Å²) in [7, 11) is 0. The maximum Gasteiger partial charge on any atom is 0.127 e. The number of hydrogen-bond acceptors (Lipinski definition) is 2. The SMILES string of the molecule is CC1CCN(Cc2ccc(F)c(CN)c2)CC1. The molecular formula is C14H21FN2. The van der Waals surface area contributed by atoms with Gasteiger partial charge in [-0.15, -0.1) is 0 Å². The van der Waals surface area contributed by atoms with Gasteiger partial charge in [0.2, 0.25) is 0 Å². The second-order valence-electron chi connectivity index (χ2n) is 5.09. The normalized spacial score (nSPS) is 18.5. The van der Waals surface area contributed by atoms with Crippen molar-refractivity contribution in [2.75, 3.05) is 13.1 Å². The molecule has 94 valence electrons. The Bertz CT molecular complexity index is 370. The van der Waals surface area contributed by atoms with Crippen molar-refractivity contribution in [3.05, 3.63) is 35.1 Å². The number of rotatable bonds is 3. The van der Waals surface area contributed by atoms with Gasteiger partial charge in [-0.2, -0.15) is 0 Å². The van der Waals surface area contributed by atoms with Gasteiger partial charge >= 0.3 is 0 Å². The second-order valence-corrected chi connectivity index (χ2v) is 5.09. The van der Waals surface area contributed by atoms with Crippen molar-refractivity contribution in [2.45, 2.75) is 32.9 Å². The first-order valence-corrected chi connectivity index (χ1v) is 6.38. The molecule has 3 heteroatoms. The minimum Gasteiger partial charge on any atom is -0.326 e. The first kappa shape index (κ1) is 12.5. The van der Waals surface area contributed by atoms with E-state index in [1.54, 1.807) is 0 Å². The molecule has 1 saturated heterocycles. The number of likely N-dealkylation sites (tertiary alicyclic amines) is 1. The van der Waals surface area contributed by atoms with Crippen molar-refractivity contribution in [3.63, 3.8) is 0 Å². The van der Waals surface area contributed by atoms with E-state index in [1.807, 2.05) is 12.1 Å². The molecule has 1 aromatic carbocycles. The van der Waals surface area contributed by atoms with E-state index in [0.29, 0.717) is 5.56 Å². The van der Waals surface area contributed by atoms with Gasteiger partial charge in [0, 0.05) is 18.7 Å². The van der Waals surface area contributed by atoms with Gasteiger partial charge in [0.25, 0.3) is 0 Å². The maximum atomic E-state index is 13.3. The lowest BCUT2D eigenvalue weighted by molar-refractivity contribution is 0.185. The average Bonchev–Trinajstić information content (AvgIpc) is 2.34. The van der Waals surface area contributed by atoms with E-state index in [4.69, 9.17) is 5.73 Å². The molecule has 0 unspecified atom stereocenters. The summed E-state index contributed by atoms with van der Waals surface area (Å²) >= 11 is 0. The number of benzene rings is 1. The number of hydrogen-bond donors (Lipinski definition) is 1. The molecule has 0 radical (unpaired) electrons. The Balaban J connectivity index is 1.99. The van der Waals surface area contributed by atoms with Gasteiger partial charge in [-0.1, -0.05) is 19.1 Å². The summed E-state index contributed by atoms with van der Waals surface area (Å²) in [5, 5.41) is 0. The zero-order valence-corrected chi connectivity index (χ0v) is 10.5. The van der Waals surface area contributed by atoms with E-state index in [2.05, 4.69) is 11.8 Å². The van der Waals surface area contributed by atoms with Gasteiger partial charge in [0.1, 0.15) is 5.82 Å². The third-order valence-corrected chi connectivity index (χ3v) is 3.61. The Labute approximate surface area is 103 Å². The fourth-order valence-corrected chi connectivity index (χ4v) is 2.36. The number of nitrogens with two attached hydrogens (primary N) is 1. The highest BCUT2D eigenvalue weighted by molar-refractivity contribution is 5.25. The van der Waals surface area contributed by atoms with Crippen LogP contribution in [0.25, 0.3) is 0 Å². The largest absolute Gasteiger partial charge is 0.326 e. The van der Waals surface area contributed by atoms with Gasteiger partial charge < -0.3 is 5.73 Å². The van der Waals surface area contributed by atoms with E-state index in [9.17, 15) is 4.39 Å². The van der Waals surface area contributed by atoms with Crippen LogP contribution in [0.1, 0.15) is 30.9 Å². The van der Waals surface area contributed by atoms with Crippen LogP contribution in [-0.2, 0) is 13.1 Å². The Morgan fingerprint density at radius 2 is 2.06 bits per heavy atom. The summed E-state index contributed by atoms with van der Waals surface area (Å²) in [5.74, 6) is 0.655. The summed E-state index contributed by atoms with van der Waals surface area (Å²) in [6, 6.07) is 5.30. The summed E-state index contributed by atoms with van der Waals surface area (Å²) in [5.41, 5.74) is 7.30. The fraction of sp³-hybridized carbons (Fsp3) is 0.571. The second kappa shape index (κ2) is 5.61. The molecule has 0 atom stereocenters. The molecule has 2 rings (SSSR count). The van der Waals surface area contributed by atoms with Crippen LogP contribution in [-0.4, -0.2) is 18.0 Å². The van der Waals surface area contributed by atoms with Gasteiger partial charge in [-0.05, 0) is 43.5 Å². The first-order valence-electron chi connectivity index (χ1n) is 6.38. The molecule has 1 heterocycles. The summed E-state index contributed by atoms with van der Waals surface area (Å²) < 4.78 is 13.3. The molecule has 0 bridgehead atoms. The third kappa shape index (κ3) is 3.27. The van der Waals surface area contributed by atoms with Crippen molar-refractivity contribution in [2.24, 2.45) is 11.7 Å². The molecule has 0 spiro atoms. The van der Waals surface area contributed by atoms with Crippen LogP contribution >= 0.6 is 0 Å². The van der Waals surface area contributed by atoms with Crippen molar-refractivity contribution < 1.29 is 4.39 Å². The lowest BCUT2D eigenvalue weighted by Crippen LogP contribution is -2.32. The maximum absolute atomic E-state index is 13.3. The first-order chi connectivity index (χ1) is 8.19. The standard InChI is InChI=1S/C14H21FN2/c1-11-4-6-17(7-5-11)10-12-2-3-14(15)13(8-12)9-16/h2-3,8,11H,4-7,9-10,16H2,1H3. The fourth-order valence-electron chi connectivity index (χ4n) is 2.36. The van der Waals surface area contributed by atoms with Gasteiger partial charge in [0.15, 0.2) is 0 Å². The summed E-state index contributed by atoms with van der Waals surface area (Å²) in [6.07, 6.45) is 2.54. The number of halogens is 1. The predicted molar refractivity (Wildman–Crippen MR) is 68.0 cm³/mol. The van der Waals surface area contributed by atoms with Crippen LogP contribution in [0.5, 0.6) is 0 Å². The van der Waals surface area contributed by atoms with Crippen molar-refractivity contribution in [1.82, 2.24) is 4.90 Å². The number of piperidine rings is 1. The monoisotopic (exact) mass is 236 g/mol. The van der Waals surface area contributed by atoms with Gasteiger partial charge in [-0.25, -0.2) is 4.39 Å². The Morgan fingerprint density at radius 3 is 2.71 bits per heavy atom. The van der Waals surface area contributed by atoms with Gasteiger partial charge in [0.05, 0.1) is 0 Å². The minimum absolute atomic E-state index is 0.191. The molecule has 2 nitrogen and oxygen atoms in total. The zero-order valence-electron chi connectivity index (χ0n) is 10.5. The molecule has 1 fully saturated rings. The molecule has 0 saturated carbocycles. The van der Waals surface area contributed by atoms with Crippen LogP contribution in [0.2, 0.25) is 0 Å². The lowest BCUT2D eigenvalue weighted by atomic mass is 9.98. The van der Waals surface area contributed by atoms with Crippen molar-refractivity contribution >= 4 is 0 Å². The molecular weight excluding hydrogens is 215 g/mol. The Morgan fingerprint density at radius 1 is 1.35 bits per heavy atom. The Kier molecular flexibility index (Phi) is 4.13. The van der Waals surface area contributed by atoms with E-state index in [1.165, 1.54) is 24.5 Å². The van der Waals surface area contributed by atoms with Crippen LogP contribution in [0.15, 0.2) is 18.2 Å². The van der Waals surface area contributed by atoms with E-state index < -0.39 is 0 Å². The number of nitrogens with zero attached hydrogens (tertiary/aromatic N) is 1. The lowest BCUT2D eigenvalue weighted by Gasteiger charge is -2.30. The van der Waals surface area contributed by atoms with Crippen molar-refractivity contribution in [1.29, 1.82) is 0 Å². The highest BCUT2D eigenvalue weighted by Crippen LogP contribution is 2.19. The highest BCUT2D eigenvalue weighted by atomic mass is 19.1. The smallest absolute Gasteiger partial charge is 0.127 e. The zero-order chi connectivity index (χ0) is 12.3. The molecule has 0 aliphatic carbocycles. The molecule has 2 N–H and O–H groups in total. The predicted octanol–water partition coefficient (Wildman–Crippen LogP) is 2.52. The topological polar surface area (TPSA) is 29.3 Å². The molecule has 17 heavy (non-hydrogen) atoms. The van der Waals surface area contributed by atoms with Crippen LogP contribution in [0, 0.1) is 11.7 Å². The highest BCUT2D eigenvalue weighted by Gasteiger charge is 2.15.